The van der Waals surface area contributed by atoms with E-state index in [-0.39, 0.29) is 18.2 Å². The Bertz CT molecular complexity index is 724. The molecule has 0 saturated carbocycles. The van der Waals surface area contributed by atoms with Gasteiger partial charge in [0.05, 0.1) is 6.42 Å². The van der Waals surface area contributed by atoms with Crippen LogP contribution in [0.2, 0.25) is 5.02 Å². The number of nitrogens with zero attached hydrogens (tertiary/aromatic N) is 2. The quantitative estimate of drug-likeness (QED) is 0.902. The van der Waals surface area contributed by atoms with Crippen molar-refractivity contribution in [3.63, 3.8) is 0 Å². The molecular weight excluding hydrogens is 346 g/mol. The van der Waals surface area contributed by atoms with Gasteiger partial charge in [-0.2, -0.15) is 0 Å². The molecule has 1 fully saturated rings. The number of benzene rings is 1. The molecule has 2 amide bonds. The summed E-state index contributed by atoms with van der Waals surface area (Å²) in [7, 11) is 0. The van der Waals surface area contributed by atoms with Crippen LogP contribution in [-0.2, 0) is 11.2 Å². The van der Waals surface area contributed by atoms with Gasteiger partial charge in [-0.25, -0.2) is 4.98 Å². The number of halogens is 1. The molecule has 0 unspecified atom stereocenters. The molecule has 2 heterocycles. The average molecular weight is 364 g/mol. The number of aromatic nitrogens is 1. The molecule has 1 saturated heterocycles. The van der Waals surface area contributed by atoms with Crippen LogP contribution in [0.4, 0.5) is 5.13 Å². The molecule has 0 bridgehead atoms. The van der Waals surface area contributed by atoms with Crippen LogP contribution in [-0.4, -0.2) is 34.8 Å². The predicted octanol–water partition coefficient (Wildman–Crippen LogP) is 3.60. The Balaban J connectivity index is 1.57. The van der Waals surface area contributed by atoms with Crippen LogP contribution in [0, 0.1) is 0 Å². The van der Waals surface area contributed by atoms with Crippen LogP contribution in [0.3, 0.4) is 0 Å². The Kier molecular flexibility index (Phi) is 5.48. The molecule has 3 rings (SSSR count). The molecule has 0 radical (unpaired) electrons. The summed E-state index contributed by atoms with van der Waals surface area (Å²) in [5.41, 5.74) is 1.28. The van der Waals surface area contributed by atoms with Crippen molar-refractivity contribution in [1.82, 2.24) is 9.88 Å². The van der Waals surface area contributed by atoms with Gasteiger partial charge >= 0.3 is 0 Å². The number of likely N-dealkylation sites (tertiary alicyclic amines) is 1. The topological polar surface area (TPSA) is 62.3 Å². The van der Waals surface area contributed by atoms with Crippen LogP contribution in [0.15, 0.2) is 29.6 Å². The van der Waals surface area contributed by atoms with Gasteiger partial charge in [-0.3, -0.25) is 9.59 Å². The summed E-state index contributed by atoms with van der Waals surface area (Å²) in [6, 6.07) is 7.13. The van der Waals surface area contributed by atoms with Crippen molar-refractivity contribution in [2.45, 2.75) is 25.7 Å². The third-order valence-corrected chi connectivity index (χ3v) is 4.90. The zero-order chi connectivity index (χ0) is 16.9. The zero-order valence-corrected chi connectivity index (χ0v) is 14.7. The monoisotopic (exact) mass is 363 g/mol. The minimum Gasteiger partial charge on any atom is -0.337 e. The fourth-order valence-electron chi connectivity index (χ4n) is 2.64. The van der Waals surface area contributed by atoms with E-state index in [1.807, 2.05) is 17.0 Å². The van der Waals surface area contributed by atoms with E-state index < -0.39 is 0 Å². The Morgan fingerprint density at radius 1 is 1.17 bits per heavy atom. The van der Waals surface area contributed by atoms with Crippen molar-refractivity contribution < 1.29 is 9.59 Å². The molecule has 5 nitrogen and oxygen atoms in total. The van der Waals surface area contributed by atoms with E-state index in [0.717, 1.165) is 31.5 Å². The van der Waals surface area contributed by atoms with Gasteiger partial charge in [0.2, 0.25) is 5.91 Å². The predicted molar refractivity (Wildman–Crippen MR) is 95.7 cm³/mol. The smallest absolute Gasteiger partial charge is 0.273 e. The Morgan fingerprint density at radius 3 is 2.58 bits per heavy atom. The lowest BCUT2D eigenvalue weighted by atomic mass is 10.1. The number of piperidine rings is 1. The lowest BCUT2D eigenvalue weighted by Gasteiger charge is -2.25. The molecule has 0 atom stereocenters. The molecule has 0 spiro atoms. The maximum Gasteiger partial charge on any atom is 0.273 e. The number of amides is 2. The number of anilines is 1. The molecule has 1 aromatic carbocycles. The normalized spacial score (nSPS) is 14.5. The third-order valence-electron chi connectivity index (χ3n) is 3.89. The highest BCUT2D eigenvalue weighted by Crippen LogP contribution is 2.19. The van der Waals surface area contributed by atoms with Crippen molar-refractivity contribution >= 4 is 39.9 Å². The second-order valence-corrected chi connectivity index (χ2v) is 7.04. The van der Waals surface area contributed by atoms with Gasteiger partial charge in [0, 0.05) is 23.5 Å². The number of nitrogens with one attached hydrogen (secondary N) is 1. The first kappa shape index (κ1) is 16.9. The standard InChI is InChI=1S/C17H18ClN3O2S/c18-13-6-4-12(5-7-13)10-15(22)20-17-19-14(11-24-17)16(23)21-8-2-1-3-9-21/h4-7,11H,1-3,8-10H2,(H,19,20,22). The van der Waals surface area contributed by atoms with Gasteiger partial charge < -0.3 is 10.2 Å². The summed E-state index contributed by atoms with van der Waals surface area (Å²) >= 11 is 7.10. The molecule has 0 aliphatic carbocycles. The van der Waals surface area contributed by atoms with Gasteiger partial charge in [-0.05, 0) is 37.0 Å². The molecule has 1 N–H and O–H groups in total. The van der Waals surface area contributed by atoms with E-state index in [1.165, 1.54) is 17.8 Å². The van der Waals surface area contributed by atoms with Gasteiger partial charge in [-0.15, -0.1) is 11.3 Å². The average Bonchev–Trinajstić information content (AvgIpc) is 3.05. The first-order chi connectivity index (χ1) is 11.6. The highest BCUT2D eigenvalue weighted by molar-refractivity contribution is 7.14. The summed E-state index contributed by atoms with van der Waals surface area (Å²) in [6.07, 6.45) is 3.50. The summed E-state index contributed by atoms with van der Waals surface area (Å²) < 4.78 is 0. The third kappa shape index (κ3) is 4.33. The minimum absolute atomic E-state index is 0.0517. The van der Waals surface area contributed by atoms with E-state index in [1.54, 1.807) is 17.5 Å². The number of hydrogen-bond donors (Lipinski definition) is 1. The van der Waals surface area contributed by atoms with Crippen molar-refractivity contribution in [3.05, 3.63) is 45.9 Å². The lowest BCUT2D eigenvalue weighted by molar-refractivity contribution is -0.115. The van der Waals surface area contributed by atoms with Crippen LogP contribution in [0.1, 0.15) is 35.3 Å². The number of hydrogen-bond acceptors (Lipinski definition) is 4. The molecule has 1 aromatic heterocycles. The molecule has 24 heavy (non-hydrogen) atoms. The van der Waals surface area contributed by atoms with Crippen molar-refractivity contribution in [2.75, 3.05) is 18.4 Å². The number of carbonyl (C=O) groups excluding carboxylic acids is 2. The molecular formula is C17H18ClN3O2S. The fourth-order valence-corrected chi connectivity index (χ4v) is 3.47. The summed E-state index contributed by atoms with van der Waals surface area (Å²) in [6.45, 7) is 1.57. The maximum atomic E-state index is 12.4. The van der Waals surface area contributed by atoms with Gasteiger partial charge in [-0.1, -0.05) is 23.7 Å². The van der Waals surface area contributed by atoms with Crippen molar-refractivity contribution in [2.24, 2.45) is 0 Å². The van der Waals surface area contributed by atoms with Crippen molar-refractivity contribution in [3.8, 4) is 0 Å². The minimum atomic E-state index is -0.163. The molecule has 1 aliphatic heterocycles. The highest BCUT2D eigenvalue weighted by atomic mass is 35.5. The largest absolute Gasteiger partial charge is 0.337 e. The Hall–Kier alpha value is -1.92. The Morgan fingerprint density at radius 2 is 1.88 bits per heavy atom. The summed E-state index contributed by atoms with van der Waals surface area (Å²) in [4.78, 5) is 30.5. The van der Waals surface area contributed by atoms with E-state index in [2.05, 4.69) is 10.3 Å². The number of carbonyl (C=O) groups is 2. The first-order valence-corrected chi connectivity index (χ1v) is 9.17. The van der Waals surface area contributed by atoms with Crippen LogP contribution in [0.25, 0.3) is 0 Å². The highest BCUT2D eigenvalue weighted by Gasteiger charge is 2.20. The summed E-state index contributed by atoms with van der Waals surface area (Å²) in [5.74, 6) is -0.215. The second kappa shape index (κ2) is 7.77. The van der Waals surface area contributed by atoms with Gasteiger partial charge in [0.25, 0.3) is 5.91 Å². The van der Waals surface area contributed by atoms with E-state index in [9.17, 15) is 9.59 Å². The first-order valence-electron chi connectivity index (χ1n) is 7.91. The second-order valence-electron chi connectivity index (χ2n) is 5.74. The van der Waals surface area contributed by atoms with Crippen LogP contribution < -0.4 is 5.32 Å². The number of thiazole rings is 1. The van der Waals surface area contributed by atoms with Crippen LogP contribution >= 0.6 is 22.9 Å². The molecule has 126 valence electrons. The maximum absolute atomic E-state index is 12.4. The molecule has 1 aliphatic rings. The summed E-state index contributed by atoms with van der Waals surface area (Å²) in [5, 5.41) is 5.54. The SMILES string of the molecule is O=C(Cc1ccc(Cl)cc1)Nc1nc(C(=O)N2CCCCC2)cs1. The van der Waals surface area contributed by atoms with Crippen LogP contribution in [0.5, 0.6) is 0 Å². The van der Waals surface area contributed by atoms with E-state index in [4.69, 9.17) is 11.6 Å². The number of rotatable bonds is 4. The lowest BCUT2D eigenvalue weighted by Crippen LogP contribution is -2.35. The van der Waals surface area contributed by atoms with E-state index >= 15 is 0 Å². The van der Waals surface area contributed by atoms with Gasteiger partial charge in [0.15, 0.2) is 5.13 Å². The van der Waals surface area contributed by atoms with Crippen molar-refractivity contribution in [1.29, 1.82) is 0 Å². The zero-order valence-electron chi connectivity index (χ0n) is 13.1. The Labute approximate surface area is 149 Å². The van der Waals surface area contributed by atoms with Gasteiger partial charge in [0.1, 0.15) is 5.69 Å². The molecule has 2 aromatic rings. The molecule has 7 heteroatoms. The van der Waals surface area contributed by atoms with E-state index in [0.29, 0.717) is 15.8 Å². The fraction of sp³-hybridized carbons (Fsp3) is 0.353.